The smallest absolute Gasteiger partial charge is 0.351 e. The third-order valence-electron chi connectivity index (χ3n) is 5.70. The van der Waals surface area contributed by atoms with Crippen LogP contribution in [0, 0.1) is 11.3 Å². The summed E-state index contributed by atoms with van der Waals surface area (Å²) in [6, 6.07) is 18.1. The SMILES string of the molecule is C=CC(N1CCc2cc(-c3ccc(C(F)(F)F)cc3)ccc21)S(=O)(=O)c1ccc(C#N)cc1. The van der Waals surface area contributed by atoms with E-state index in [0.29, 0.717) is 24.1 Å². The third kappa shape index (κ3) is 4.24. The fourth-order valence-electron chi connectivity index (χ4n) is 4.00. The molecule has 168 valence electrons. The molecular weight excluding hydrogens is 449 g/mol. The van der Waals surface area contributed by atoms with Crippen LogP contribution in [0.2, 0.25) is 0 Å². The lowest BCUT2D eigenvalue weighted by atomic mass is 10.0. The Morgan fingerprint density at radius 1 is 1.00 bits per heavy atom. The highest BCUT2D eigenvalue weighted by Crippen LogP contribution is 2.37. The second-order valence-electron chi connectivity index (χ2n) is 7.67. The quantitative estimate of drug-likeness (QED) is 0.458. The molecule has 0 fully saturated rings. The number of hydrogen-bond acceptors (Lipinski definition) is 4. The van der Waals surface area contributed by atoms with Gasteiger partial charge in [-0.1, -0.05) is 30.9 Å². The van der Waals surface area contributed by atoms with Crippen LogP contribution < -0.4 is 4.90 Å². The summed E-state index contributed by atoms with van der Waals surface area (Å²) in [6.45, 7) is 4.19. The zero-order valence-corrected chi connectivity index (χ0v) is 18.2. The van der Waals surface area contributed by atoms with E-state index in [2.05, 4.69) is 6.58 Å². The van der Waals surface area contributed by atoms with E-state index in [1.54, 1.807) is 17.0 Å². The molecule has 8 heteroatoms. The van der Waals surface area contributed by atoms with Gasteiger partial charge in [-0.3, -0.25) is 0 Å². The number of alkyl halides is 3. The van der Waals surface area contributed by atoms with Gasteiger partial charge in [-0.25, -0.2) is 8.42 Å². The first-order valence-corrected chi connectivity index (χ1v) is 11.6. The van der Waals surface area contributed by atoms with Crippen molar-refractivity contribution in [2.24, 2.45) is 0 Å². The van der Waals surface area contributed by atoms with Crippen LogP contribution in [0.1, 0.15) is 16.7 Å². The predicted molar refractivity (Wildman–Crippen MR) is 120 cm³/mol. The number of fused-ring (bicyclic) bond motifs is 1. The van der Waals surface area contributed by atoms with Gasteiger partial charge in [0, 0.05) is 12.2 Å². The summed E-state index contributed by atoms with van der Waals surface area (Å²) in [5, 5.41) is 7.95. The fraction of sp³-hybridized carbons (Fsp3) is 0.160. The maximum Gasteiger partial charge on any atom is 0.416 e. The van der Waals surface area contributed by atoms with Crippen LogP contribution in [0.25, 0.3) is 11.1 Å². The van der Waals surface area contributed by atoms with Crippen molar-refractivity contribution in [1.29, 1.82) is 5.26 Å². The van der Waals surface area contributed by atoms with Gasteiger partial charge in [0.2, 0.25) is 9.84 Å². The Kier molecular flexibility index (Phi) is 5.76. The van der Waals surface area contributed by atoms with Crippen molar-refractivity contribution >= 4 is 15.5 Å². The number of hydrogen-bond donors (Lipinski definition) is 0. The molecule has 3 aromatic rings. The van der Waals surface area contributed by atoms with Gasteiger partial charge in [0.15, 0.2) is 5.37 Å². The molecule has 4 rings (SSSR count). The first-order chi connectivity index (χ1) is 15.6. The second kappa shape index (κ2) is 8.41. The number of anilines is 1. The molecule has 33 heavy (non-hydrogen) atoms. The van der Waals surface area contributed by atoms with Crippen LogP contribution in [0.3, 0.4) is 0 Å². The third-order valence-corrected chi connectivity index (χ3v) is 7.71. The summed E-state index contributed by atoms with van der Waals surface area (Å²) in [5.74, 6) is 0. The highest BCUT2D eigenvalue weighted by atomic mass is 32.2. The van der Waals surface area contributed by atoms with E-state index in [0.717, 1.165) is 28.9 Å². The molecular formula is C25H19F3N2O2S. The molecule has 1 aliphatic heterocycles. The highest BCUT2D eigenvalue weighted by molar-refractivity contribution is 7.92. The van der Waals surface area contributed by atoms with Crippen LogP contribution in [0.15, 0.2) is 84.3 Å². The first-order valence-electron chi connectivity index (χ1n) is 10.1. The number of benzene rings is 3. The van der Waals surface area contributed by atoms with Gasteiger partial charge >= 0.3 is 6.18 Å². The molecule has 0 aromatic heterocycles. The van der Waals surface area contributed by atoms with Crippen molar-refractivity contribution in [3.63, 3.8) is 0 Å². The summed E-state index contributed by atoms with van der Waals surface area (Å²) in [5.41, 5.74) is 2.72. The van der Waals surface area contributed by atoms with Crippen molar-refractivity contribution in [1.82, 2.24) is 0 Å². The molecule has 0 bridgehead atoms. The minimum absolute atomic E-state index is 0.0984. The molecule has 0 saturated heterocycles. The van der Waals surface area contributed by atoms with Crippen LogP contribution >= 0.6 is 0 Å². The minimum Gasteiger partial charge on any atom is -0.351 e. The molecule has 0 aliphatic carbocycles. The predicted octanol–water partition coefficient (Wildman–Crippen LogP) is 5.59. The molecule has 4 nitrogen and oxygen atoms in total. The molecule has 1 unspecified atom stereocenters. The van der Waals surface area contributed by atoms with Crippen molar-refractivity contribution in [2.75, 3.05) is 11.4 Å². The first kappa shape index (κ1) is 22.6. The van der Waals surface area contributed by atoms with Gasteiger partial charge in [0.05, 0.1) is 22.1 Å². The average Bonchev–Trinajstić information content (AvgIpc) is 3.22. The second-order valence-corrected chi connectivity index (χ2v) is 9.71. The van der Waals surface area contributed by atoms with Crippen molar-refractivity contribution in [2.45, 2.75) is 22.9 Å². The van der Waals surface area contributed by atoms with E-state index in [4.69, 9.17) is 5.26 Å². The van der Waals surface area contributed by atoms with E-state index in [1.165, 1.54) is 42.5 Å². The van der Waals surface area contributed by atoms with E-state index in [1.807, 2.05) is 12.1 Å². The summed E-state index contributed by atoms with van der Waals surface area (Å²) in [4.78, 5) is 1.85. The minimum atomic E-state index is -4.39. The standard InChI is InChI=1S/C25H19F3N2O2S/c1-2-24(33(31,32)22-10-3-17(16-29)4-11-22)30-14-13-20-15-19(7-12-23(20)30)18-5-8-21(9-6-18)25(26,27)28/h2-12,15,24H,1,13-14H2. The number of sulfone groups is 1. The Bertz CT molecular complexity index is 1340. The lowest BCUT2D eigenvalue weighted by molar-refractivity contribution is -0.137. The van der Waals surface area contributed by atoms with E-state index < -0.39 is 27.0 Å². The molecule has 0 radical (unpaired) electrons. The van der Waals surface area contributed by atoms with E-state index in [9.17, 15) is 21.6 Å². The van der Waals surface area contributed by atoms with Gasteiger partial charge < -0.3 is 4.90 Å². The zero-order chi connectivity index (χ0) is 23.8. The Balaban J connectivity index is 1.64. The molecule has 3 aromatic carbocycles. The average molecular weight is 469 g/mol. The van der Waals surface area contributed by atoms with Crippen molar-refractivity contribution in [3.8, 4) is 17.2 Å². The van der Waals surface area contributed by atoms with Gasteiger partial charge in [0.1, 0.15) is 0 Å². The monoisotopic (exact) mass is 468 g/mol. The van der Waals surface area contributed by atoms with Gasteiger partial charge in [-0.2, -0.15) is 18.4 Å². The van der Waals surface area contributed by atoms with Crippen molar-refractivity contribution in [3.05, 3.63) is 96.1 Å². The van der Waals surface area contributed by atoms with Gasteiger partial charge in [-0.05, 0) is 71.6 Å². The van der Waals surface area contributed by atoms with Gasteiger partial charge in [0.25, 0.3) is 0 Å². The lowest BCUT2D eigenvalue weighted by Gasteiger charge is -2.28. The number of halogens is 3. The van der Waals surface area contributed by atoms with Crippen molar-refractivity contribution < 1.29 is 21.6 Å². The maximum atomic E-state index is 13.3. The molecule has 0 spiro atoms. The Hall–Kier alpha value is -3.57. The zero-order valence-electron chi connectivity index (χ0n) is 17.4. The molecule has 0 N–H and O–H groups in total. The summed E-state index contributed by atoms with van der Waals surface area (Å²) < 4.78 is 65.0. The van der Waals surface area contributed by atoms with E-state index >= 15 is 0 Å². The van der Waals surface area contributed by atoms with Crippen LogP contribution in [-0.4, -0.2) is 20.3 Å². The van der Waals surface area contributed by atoms with Gasteiger partial charge in [-0.15, -0.1) is 0 Å². The number of rotatable bonds is 5. The Morgan fingerprint density at radius 2 is 1.64 bits per heavy atom. The Morgan fingerprint density at radius 3 is 2.21 bits per heavy atom. The van der Waals surface area contributed by atoms with Crippen LogP contribution in [0.4, 0.5) is 18.9 Å². The highest BCUT2D eigenvalue weighted by Gasteiger charge is 2.34. The topological polar surface area (TPSA) is 61.2 Å². The largest absolute Gasteiger partial charge is 0.416 e. The molecule has 1 atom stereocenters. The number of nitriles is 1. The molecule has 1 aliphatic rings. The fourth-order valence-corrected chi connectivity index (χ4v) is 5.60. The van der Waals surface area contributed by atoms with E-state index in [-0.39, 0.29) is 4.90 Å². The number of nitrogens with zero attached hydrogens (tertiary/aromatic N) is 2. The summed E-state index contributed by atoms with van der Waals surface area (Å²) in [6.07, 6.45) is -2.42. The molecule has 0 amide bonds. The Labute approximate surface area is 190 Å². The normalized spacial score (nSPS) is 14.4. The van der Waals surface area contributed by atoms with Crippen LogP contribution in [-0.2, 0) is 22.4 Å². The maximum absolute atomic E-state index is 13.3. The summed E-state index contributed by atoms with van der Waals surface area (Å²) in [7, 11) is -3.79. The van der Waals surface area contributed by atoms with Crippen LogP contribution in [0.5, 0.6) is 0 Å². The summed E-state index contributed by atoms with van der Waals surface area (Å²) >= 11 is 0. The molecule has 1 heterocycles. The lowest BCUT2D eigenvalue weighted by Crippen LogP contribution is -2.38. The molecule has 0 saturated carbocycles.